The predicted molar refractivity (Wildman–Crippen MR) is 303 cm³/mol. The zero-order valence-electron chi connectivity index (χ0n) is 49.1. The molecule has 1 aliphatic heterocycles. The Balaban J connectivity index is 2.85. The maximum Gasteiger partial charge on any atom is 0.508 e. The van der Waals surface area contributed by atoms with Crippen LogP contribution in [0.25, 0.3) is 0 Å². The molecule has 0 aliphatic carbocycles. The summed E-state index contributed by atoms with van der Waals surface area (Å²) in [4.78, 5) is 67.5. The molecule has 0 N–H and O–H groups in total. The van der Waals surface area contributed by atoms with E-state index in [1.807, 2.05) is 0 Å². The second-order valence-electron chi connectivity index (χ2n) is 21.0. The number of ether oxygens (including phenoxy) is 8. The molecule has 1 saturated heterocycles. The van der Waals surface area contributed by atoms with E-state index in [4.69, 9.17) is 37.9 Å². The van der Waals surface area contributed by atoms with Crippen LogP contribution in [-0.4, -0.2) is 113 Å². The van der Waals surface area contributed by atoms with Gasteiger partial charge in [0.1, 0.15) is 25.9 Å². The van der Waals surface area contributed by atoms with Crippen molar-refractivity contribution in [2.24, 2.45) is 17.8 Å². The van der Waals surface area contributed by atoms with E-state index in [0.29, 0.717) is 45.7 Å². The molecule has 76 heavy (non-hydrogen) atoms. The normalized spacial score (nSPS) is 15.2. The number of nitrogens with zero attached hydrogens (tertiary/aromatic N) is 1. The van der Waals surface area contributed by atoms with E-state index in [2.05, 4.69) is 70.7 Å². The van der Waals surface area contributed by atoms with Crippen molar-refractivity contribution in [2.45, 2.75) is 259 Å². The summed E-state index contributed by atoms with van der Waals surface area (Å²) < 4.78 is 46.4. The maximum atomic E-state index is 13.3. The van der Waals surface area contributed by atoms with Gasteiger partial charge in [0.25, 0.3) is 0 Å². The summed E-state index contributed by atoms with van der Waals surface area (Å²) in [6.45, 7) is 17.2. The van der Waals surface area contributed by atoms with Crippen molar-refractivity contribution in [3.05, 3.63) is 24.3 Å². The SMILES string of the molecule is CC/C=C\CCCCOC(CCC(=O)OCC(COC(=O)CCCCCCOC(=O)C(CCCC)CCCCCC)COC(=O)CCC(CCCCCC)OC(=O)OCC1CCCN(CC)C1)OCCCC/C=C\CC. The molecule has 1 rings (SSSR count). The topological polar surface area (TPSA) is 162 Å². The van der Waals surface area contributed by atoms with E-state index in [9.17, 15) is 24.0 Å². The molecule has 1 heterocycles. The first kappa shape index (κ1) is 70.5. The van der Waals surface area contributed by atoms with Gasteiger partial charge in [0.05, 0.1) is 31.5 Å². The van der Waals surface area contributed by atoms with Crippen molar-refractivity contribution in [3.8, 4) is 0 Å². The van der Waals surface area contributed by atoms with Gasteiger partial charge < -0.3 is 42.8 Å². The Labute approximate surface area is 462 Å². The van der Waals surface area contributed by atoms with Crippen molar-refractivity contribution in [1.82, 2.24) is 4.90 Å². The lowest BCUT2D eigenvalue weighted by molar-refractivity contribution is -0.162. The van der Waals surface area contributed by atoms with E-state index in [0.717, 1.165) is 167 Å². The standard InChI is InChI=1S/C62H111NO13/c1-7-13-18-22-25-31-45-69-60(70-46-32-26-23-19-14-8-2)43-42-59(66)74-52-54(50-72-57(64)39-30-24-27-33-47-71-61(67)55(36-17-11-5)37-28-20-15-9-3)51-73-58(65)41-40-56(38-29-21-16-10-4)76-62(68)75-49-53-35-34-44-63(12-6)48-53/h13-14,18-19,53-56,60H,7-12,15-17,20-52H2,1-6H3/b18-13-,19-14-. The lowest BCUT2D eigenvalue weighted by Crippen LogP contribution is -2.37. The molecule has 0 aromatic rings. The molecule has 0 radical (unpaired) electrons. The van der Waals surface area contributed by atoms with Gasteiger partial charge in [0.15, 0.2) is 6.29 Å². The number of hydrogen-bond acceptors (Lipinski definition) is 14. The first-order chi connectivity index (χ1) is 37.1. The molecule has 0 spiro atoms. The van der Waals surface area contributed by atoms with Crippen LogP contribution in [0.2, 0.25) is 0 Å². The molecule has 1 aliphatic rings. The second-order valence-corrected chi connectivity index (χ2v) is 21.0. The Bertz CT molecular complexity index is 1460. The van der Waals surface area contributed by atoms with Crippen molar-refractivity contribution in [3.63, 3.8) is 0 Å². The van der Waals surface area contributed by atoms with Crippen LogP contribution in [0.4, 0.5) is 4.79 Å². The highest BCUT2D eigenvalue weighted by Gasteiger charge is 2.25. The fraction of sp³-hybridized carbons (Fsp3) is 0.855. The van der Waals surface area contributed by atoms with Crippen molar-refractivity contribution in [2.75, 3.05) is 65.9 Å². The van der Waals surface area contributed by atoms with Crippen LogP contribution in [-0.2, 0) is 57.1 Å². The summed E-state index contributed by atoms with van der Waals surface area (Å²) in [5.74, 6) is -1.78. The Kier molecular flexibility index (Phi) is 47.3. The summed E-state index contributed by atoms with van der Waals surface area (Å²) in [6, 6.07) is 0. The average molecular weight is 1080 g/mol. The second kappa shape index (κ2) is 51.0. The fourth-order valence-electron chi connectivity index (χ4n) is 9.10. The molecule has 4 unspecified atom stereocenters. The summed E-state index contributed by atoms with van der Waals surface area (Å²) in [5, 5.41) is 0. The highest BCUT2D eigenvalue weighted by molar-refractivity contribution is 5.72. The third-order valence-corrected chi connectivity index (χ3v) is 13.9. The largest absolute Gasteiger partial charge is 0.508 e. The van der Waals surface area contributed by atoms with Gasteiger partial charge in [-0.05, 0) is 122 Å². The Hall–Kier alpha value is -3.49. The molecular formula is C62H111NO13. The lowest BCUT2D eigenvalue weighted by Gasteiger charge is -2.31. The first-order valence-electron chi connectivity index (χ1n) is 30.8. The minimum atomic E-state index is -0.707. The molecule has 0 amide bonds. The third-order valence-electron chi connectivity index (χ3n) is 13.9. The van der Waals surface area contributed by atoms with E-state index in [1.54, 1.807) is 0 Å². The summed E-state index contributed by atoms with van der Waals surface area (Å²) >= 11 is 0. The summed E-state index contributed by atoms with van der Waals surface area (Å²) in [5.41, 5.74) is 0. The van der Waals surface area contributed by atoms with E-state index in [-0.39, 0.29) is 63.3 Å². The number of piperidine rings is 1. The smallest absolute Gasteiger partial charge is 0.465 e. The van der Waals surface area contributed by atoms with Crippen LogP contribution >= 0.6 is 0 Å². The highest BCUT2D eigenvalue weighted by atomic mass is 16.7. The Morgan fingerprint density at radius 1 is 0.513 bits per heavy atom. The number of esters is 4. The van der Waals surface area contributed by atoms with Gasteiger partial charge >= 0.3 is 30.0 Å². The van der Waals surface area contributed by atoms with Crippen molar-refractivity contribution < 1.29 is 61.9 Å². The minimum Gasteiger partial charge on any atom is -0.465 e. The average Bonchev–Trinajstić information content (AvgIpc) is 3.42. The molecule has 14 nitrogen and oxygen atoms in total. The first-order valence-corrected chi connectivity index (χ1v) is 30.8. The number of rotatable bonds is 51. The van der Waals surface area contributed by atoms with E-state index < -0.39 is 42.4 Å². The Morgan fingerprint density at radius 2 is 1.05 bits per heavy atom. The zero-order valence-corrected chi connectivity index (χ0v) is 49.1. The number of hydrogen-bond donors (Lipinski definition) is 0. The van der Waals surface area contributed by atoms with E-state index in [1.165, 1.54) is 12.8 Å². The van der Waals surface area contributed by atoms with Crippen LogP contribution in [0, 0.1) is 17.8 Å². The molecular weight excluding hydrogens is 967 g/mol. The minimum absolute atomic E-state index is 0.00998. The molecule has 1 fully saturated rings. The van der Waals surface area contributed by atoms with Gasteiger partial charge in [-0.1, -0.05) is 136 Å². The predicted octanol–water partition coefficient (Wildman–Crippen LogP) is 14.9. The number of allylic oxidation sites excluding steroid dienone is 4. The molecule has 442 valence electrons. The van der Waals surface area contributed by atoms with Crippen LogP contribution in [0.15, 0.2) is 24.3 Å². The third kappa shape index (κ3) is 41.6. The maximum absolute atomic E-state index is 13.3. The zero-order chi connectivity index (χ0) is 55.5. The van der Waals surface area contributed by atoms with Crippen LogP contribution in [0.5, 0.6) is 0 Å². The monoisotopic (exact) mass is 1080 g/mol. The number of carbonyl (C=O) groups is 5. The summed E-state index contributed by atoms with van der Waals surface area (Å²) in [7, 11) is 0. The van der Waals surface area contributed by atoms with Crippen LogP contribution in [0.3, 0.4) is 0 Å². The lowest BCUT2D eigenvalue weighted by atomic mass is 9.95. The van der Waals surface area contributed by atoms with E-state index >= 15 is 0 Å². The van der Waals surface area contributed by atoms with Gasteiger partial charge in [0, 0.05) is 44.9 Å². The van der Waals surface area contributed by atoms with Gasteiger partial charge in [0.2, 0.25) is 0 Å². The van der Waals surface area contributed by atoms with Crippen LogP contribution in [0.1, 0.15) is 247 Å². The Morgan fingerprint density at radius 3 is 1.64 bits per heavy atom. The number of likely N-dealkylation sites (tertiary alicyclic amines) is 1. The quantitative estimate of drug-likeness (QED) is 0.0186. The molecule has 0 aromatic heterocycles. The molecule has 14 heteroatoms. The van der Waals surface area contributed by atoms with Gasteiger partial charge in [-0.2, -0.15) is 0 Å². The van der Waals surface area contributed by atoms with Gasteiger partial charge in [-0.3, -0.25) is 19.2 Å². The molecule has 0 aromatic carbocycles. The highest BCUT2D eigenvalue weighted by Crippen LogP contribution is 2.21. The number of unbranched alkanes of at least 4 members (excludes halogenated alkanes) is 14. The van der Waals surface area contributed by atoms with Crippen molar-refractivity contribution in [1.29, 1.82) is 0 Å². The summed E-state index contributed by atoms with van der Waals surface area (Å²) in [6.07, 6.45) is 33.7. The molecule has 0 saturated carbocycles. The van der Waals surface area contributed by atoms with Gasteiger partial charge in [-0.15, -0.1) is 0 Å². The number of carbonyl (C=O) groups excluding carboxylic acids is 5. The van der Waals surface area contributed by atoms with Crippen molar-refractivity contribution >= 4 is 30.0 Å². The molecule has 0 bridgehead atoms. The van der Waals surface area contributed by atoms with Gasteiger partial charge in [-0.25, -0.2) is 4.79 Å². The molecule has 4 atom stereocenters. The fourth-order valence-corrected chi connectivity index (χ4v) is 9.10. The van der Waals surface area contributed by atoms with Crippen LogP contribution < -0.4 is 0 Å².